The van der Waals surface area contributed by atoms with Crippen molar-refractivity contribution in [2.45, 2.75) is 70.2 Å². The Morgan fingerprint density at radius 2 is 1.92 bits per heavy atom. The Morgan fingerprint density at radius 3 is 2.58 bits per heavy atom. The molecule has 3 N–H and O–H groups in total. The first kappa shape index (κ1) is 26.2. The maximum atomic E-state index is 12.5. The number of imidazole rings is 1. The molecule has 3 aromatic rings. The summed E-state index contributed by atoms with van der Waals surface area (Å²) >= 11 is 0. The minimum Gasteiger partial charge on any atom is -0.490 e. The lowest BCUT2D eigenvalue weighted by Gasteiger charge is -2.30. The monoisotopic (exact) mass is 510 g/mol. The maximum absolute atomic E-state index is 12.5. The van der Waals surface area contributed by atoms with Gasteiger partial charge in [-0.3, -0.25) is 0 Å². The van der Waals surface area contributed by atoms with E-state index in [2.05, 4.69) is 20.7 Å². The number of aryl methyl sites for hydroxylation is 2. The number of rotatable bonds is 9. The number of fused-ring (bicyclic) bond motifs is 1. The van der Waals surface area contributed by atoms with Crippen molar-refractivity contribution < 1.29 is 27.8 Å². The predicted octanol–water partition coefficient (Wildman–Crippen LogP) is 4.19. The van der Waals surface area contributed by atoms with Gasteiger partial charge in [0.15, 0.2) is 11.9 Å². The summed E-state index contributed by atoms with van der Waals surface area (Å²) in [6, 6.07) is 5.69. The average molecular weight is 511 g/mol. The number of aliphatic hydroxyl groups is 1. The Morgan fingerprint density at radius 1 is 1.19 bits per heavy atom. The minimum atomic E-state index is -4.61. The second-order valence-electron chi connectivity index (χ2n) is 9.33. The number of methoxy groups -OCH3 is 1. The van der Waals surface area contributed by atoms with E-state index in [9.17, 15) is 18.3 Å². The Bertz CT molecular complexity index is 1170. The summed E-state index contributed by atoms with van der Waals surface area (Å²) in [5, 5.41) is 20.0. The van der Waals surface area contributed by atoms with Crippen LogP contribution in [0.1, 0.15) is 44.5 Å². The van der Waals surface area contributed by atoms with Crippen molar-refractivity contribution in [2.24, 2.45) is 7.05 Å². The summed E-state index contributed by atoms with van der Waals surface area (Å²) in [6.07, 6.45) is -2.74. The third-order valence-electron chi connectivity index (χ3n) is 6.63. The molecule has 4 rings (SSSR count). The number of halogens is 3. The highest BCUT2D eigenvalue weighted by Crippen LogP contribution is 2.33. The molecule has 0 saturated heterocycles. The van der Waals surface area contributed by atoms with E-state index >= 15 is 0 Å². The van der Waals surface area contributed by atoms with Gasteiger partial charge in [-0.05, 0) is 39.5 Å². The van der Waals surface area contributed by atoms with Crippen LogP contribution in [-0.4, -0.2) is 62.5 Å². The number of benzene rings is 1. The van der Waals surface area contributed by atoms with E-state index in [-0.39, 0.29) is 18.4 Å². The van der Waals surface area contributed by atoms with Crippen molar-refractivity contribution in [3.63, 3.8) is 0 Å². The first-order chi connectivity index (χ1) is 17.0. The van der Waals surface area contributed by atoms with Gasteiger partial charge < -0.3 is 29.8 Å². The van der Waals surface area contributed by atoms with E-state index < -0.39 is 18.8 Å². The number of nitrogens with zero attached hydrogens (tertiary/aromatic N) is 4. The highest BCUT2D eigenvalue weighted by atomic mass is 19.4. The Kier molecular flexibility index (Phi) is 7.76. The quantitative estimate of drug-likeness (QED) is 0.397. The Hall–Kier alpha value is -2.83. The molecule has 198 valence electrons. The van der Waals surface area contributed by atoms with E-state index in [0.29, 0.717) is 37.3 Å². The minimum absolute atomic E-state index is 0.0573. The summed E-state index contributed by atoms with van der Waals surface area (Å²) in [7, 11) is 3.54. The van der Waals surface area contributed by atoms with E-state index in [1.54, 1.807) is 18.1 Å². The van der Waals surface area contributed by atoms with Crippen LogP contribution >= 0.6 is 0 Å². The maximum Gasteiger partial charge on any atom is 0.415 e. The zero-order valence-corrected chi connectivity index (χ0v) is 20.8. The molecular formula is C24H33F3N6O3. The first-order valence-corrected chi connectivity index (χ1v) is 12.0. The zero-order valence-electron chi connectivity index (χ0n) is 20.8. The molecule has 36 heavy (non-hydrogen) atoms. The van der Waals surface area contributed by atoms with Crippen LogP contribution in [-0.2, 0) is 11.8 Å². The van der Waals surface area contributed by atoms with Crippen molar-refractivity contribution in [1.29, 1.82) is 0 Å². The predicted molar refractivity (Wildman–Crippen MR) is 129 cm³/mol. The summed E-state index contributed by atoms with van der Waals surface area (Å²) in [6.45, 7) is 3.38. The molecule has 1 saturated carbocycles. The molecule has 0 bridgehead atoms. The summed E-state index contributed by atoms with van der Waals surface area (Å²) in [5.41, 5.74) is 3.39. The van der Waals surface area contributed by atoms with Crippen molar-refractivity contribution >= 4 is 22.5 Å². The molecule has 2 aromatic heterocycles. The molecule has 12 heteroatoms. The van der Waals surface area contributed by atoms with Gasteiger partial charge in [-0.25, -0.2) is 9.67 Å². The van der Waals surface area contributed by atoms with E-state index in [1.165, 1.54) is 0 Å². The molecule has 1 aliphatic carbocycles. The van der Waals surface area contributed by atoms with Gasteiger partial charge in [-0.2, -0.15) is 18.3 Å². The van der Waals surface area contributed by atoms with Crippen molar-refractivity contribution in [3.8, 4) is 5.75 Å². The molecule has 2 atom stereocenters. The fourth-order valence-corrected chi connectivity index (χ4v) is 4.49. The van der Waals surface area contributed by atoms with Crippen molar-refractivity contribution in [2.75, 3.05) is 19.0 Å². The van der Waals surface area contributed by atoms with Gasteiger partial charge >= 0.3 is 6.18 Å². The van der Waals surface area contributed by atoms with Gasteiger partial charge in [0.1, 0.15) is 17.5 Å². The molecular weight excluding hydrogens is 477 g/mol. The molecule has 2 heterocycles. The standard InChI is InChI=1S/C24H33F3N6O3/c1-14-9-22(31-33(14)15(2)35-4)30-19-10-18(11-20-23(19)29-13-32(20)3)36-17-7-5-16(6-8-17)28-12-21(34)24(25,26)27/h9-11,13,15-17,21,28,34H,5-8,12H2,1-4H3,(H,30,31)/t15-,16?,17?,21-/m1/s1. The SMILES string of the molecule is CO[C@H](C)n1nc(Nc2cc(OC3CCC(NC[C@@H](O)C(F)(F)F)CC3)cc3c2ncn3C)cc1C. The lowest BCUT2D eigenvalue weighted by molar-refractivity contribution is -0.202. The number of aliphatic hydroxyl groups excluding tert-OH is 1. The number of nitrogens with one attached hydrogen (secondary N) is 2. The first-order valence-electron chi connectivity index (χ1n) is 12.0. The Balaban J connectivity index is 1.43. The fourth-order valence-electron chi connectivity index (χ4n) is 4.49. The van der Waals surface area contributed by atoms with Gasteiger partial charge in [-0.1, -0.05) is 0 Å². The molecule has 0 aliphatic heterocycles. The van der Waals surface area contributed by atoms with Gasteiger partial charge in [0.25, 0.3) is 0 Å². The lowest BCUT2D eigenvalue weighted by Crippen LogP contribution is -2.44. The second-order valence-corrected chi connectivity index (χ2v) is 9.33. The van der Waals surface area contributed by atoms with Crippen LogP contribution in [0.2, 0.25) is 0 Å². The van der Waals surface area contributed by atoms with Crippen LogP contribution in [0.3, 0.4) is 0 Å². The van der Waals surface area contributed by atoms with Crippen LogP contribution < -0.4 is 15.4 Å². The number of anilines is 2. The number of aromatic nitrogens is 4. The largest absolute Gasteiger partial charge is 0.490 e. The Labute approximate surface area is 207 Å². The third kappa shape index (κ3) is 5.93. The van der Waals surface area contributed by atoms with Crippen LogP contribution in [0, 0.1) is 6.92 Å². The summed E-state index contributed by atoms with van der Waals surface area (Å²) in [5.74, 6) is 1.34. The highest BCUT2D eigenvalue weighted by Gasteiger charge is 2.38. The van der Waals surface area contributed by atoms with E-state index in [1.807, 2.05) is 43.7 Å². The van der Waals surface area contributed by atoms with Gasteiger partial charge in [0.2, 0.25) is 0 Å². The van der Waals surface area contributed by atoms with Crippen LogP contribution in [0.4, 0.5) is 24.7 Å². The highest BCUT2D eigenvalue weighted by molar-refractivity contribution is 5.91. The third-order valence-corrected chi connectivity index (χ3v) is 6.63. The summed E-state index contributed by atoms with van der Waals surface area (Å²) in [4.78, 5) is 4.52. The molecule has 0 unspecified atom stereocenters. The number of hydrogen-bond donors (Lipinski definition) is 3. The van der Waals surface area contributed by atoms with Gasteiger partial charge in [0.05, 0.1) is 23.6 Å². The van der Waals surface area contributed by atoms with Gasteiger partial charge in [-0.15, -0.1) is 0 Å². The summed E-state index contributed by atoms with van der Waals surface area (Å²) < 4.78 is 53.0. The number of hydrogen-bond acceptors (Lipinski definition) is 7. The molecule has 1 aliphatic rings. The number of ether oxygens (including phenoxy) is 2. The number of alkyl halides is 3. The van der Waals surface area contributed by atoms with Crippen LogP contribution in [0.5, 0.6) is 5.75 Å². The topological polar surface area (TPSA) is 98.4 Å². The molecule has 1 aromatic carbocycles. The fraction of sp³-hybridized carbons (Fsp3) is 0.583. The molecule has 0 spiro atoms. The van der Waals surface area contributed by atoms with Crippen LogP contribution in [0.15, 0.2) is 24.5 Å². The smallest absolute Gasteiger partial charge is 0.415 e. The van der Waals surface area contributed by atoms with Crippen molar-refractivity contribution in [3.05, 3.63) is 30.2 Å². The molecule has 0 amide bonds. The zero-order chi connectivity index (χ0) is 26.0. The van der Waals surface area contributed by atoms with E-state index in [0.717, 1.165) is 22.4 Å². The van der Waals surface area contributed by atoms with E-state index in [4.69, 9.17) is 9.47 Å². The second kappa shape index (κ2) is 10.7. The molecule has 9 nitrogen and oxygen atoms in total. The van der Waals surface area contributed by atoms with Gasteiger partial charge in [0, 0.05) is 50.6 Å². The van der Waals surface area contributed by atoms with Crippen molar-refractivity contribution in [1.82, 2.24) is 24.6 Å². The lowest BCUT2D eigenvalue weighted by atomic mass is 9.93. The average Bonchev–Trinajstić information content (AvgIpc) is 3.39. The molecule has 1 fully saturated rings. The molecule has 0 radical (unpaired) electrons. The normalized spacial score (nSPS) is 20.4. The van der Waals surface area contributed by atoms with Crippen LogP contribution in [0.25, 0.3) is 11.0 Å².